The van der Waals surface area contributed by atoms with Crippen molar-refractivity contribution in [3.05, 3.63) is 36.0 Å². The van der Waals surface area contributed by atoms with Gasteiger partial charge in [-0.1, -0.05) is 25.1 Å². The lowest BCUT2D eigenvalue weighted by Crippen LogP contribution is -3.12. The van der Waals surface area contributed by atoms with Crippen molar-refractivity contribution in [3.8, 4) is 0 Å². The SMILES string of the molecule is CC[C@H]1C[NH+](Cc2c[nH]c3ccccc23)CC[C@H]1CC(=O)[O-]. The van der Waals surface area contributed by atoms with Crippen LogP contribution in [0.25, 0.3) is 10.9 Å². The summed E-state index contributed by atoms with van der Waals surface area (Å²) in [4.78, 5) is 15.8. The number of quaternary nitrogens is 1. The maximum absolute atomic E-state index is 10.9. The number of fused-ring (bicyclic) bond motifs is 1. The molecule has 1 aromatic carbocycles. The van der Waals surface area contributed by atoms with Crippen LogP contribution in [0.1, 0.15) is 31.7 Å². The molecule has 4 heteroatoms. The van der Waals surface area contributed by atoms with Gasteiger partial charge >= 0.3 is 0 Å². The Bertz CT molecular complexity index is 649. The van der Waals surface area contributed by atoms with Crippen molar-refractivity contribution in [3.63, 3.8) is 0 Å². The van der Waals surface area contributed by atoms with E-state index in [9.17, 15) is 9.90 Å². The largest absolute Gasteiger partial charge is 0.550 e. The summed E-state index contributed by atoms with van der Waals surface area (Å²) in [6.07, 6.45) is 4.38. The zero-order valence-corrected chi connectivity index (χ0v) is 13.1. The molecule has 0 amide bonds. The molecule has 0 spiro atoms. The molecule has 2 aromatic rings. The standard InChI is InChI=1S/C18H24N2O2/c1-2-13-11-20(8-7-14(13)9-18(21)22)12-15-10-19-17-6-4-3-5-16(15)17/h3-6,10,13-14,19H,2,7-9,11-12H2,1H3,(H,21,22)/t13-,14-/m0/s1. The van der Waals surface area contributed by atoms with Gasteiger partial charge in [-0.15, -0.1) is 0 Å². The summed E-state index contributed by atoms with van der Waals surface area (Å²) in [6, 6.07) is 8.40. The molecule has 3 atom stereocenters. The topological polar surface area (TPSA) is 60.4 Å². The van der Waals surface area contributed by atoms with Crippen molar-refractivity contribution < 1.29 is 14.8 Å². The summed E-state index contributed by atoms with van der Waals surface area (Å²) >= 11 is 0. The van der Waals surface area contributed by atoms with E-state index < -0.39 is 5.97 Å². The maximum Gasteiger partial charge on any atom is 0.105 e. The minimum atomic E-state index is -0.900. The molecular formula is C18H24N2O2. The molecule has 4 nitrogen and oxygen atoms in total. The Morgan fingerprint density at radius 3 is 2.95 bits per heavy atom. The summed E-state index contributed by atoms with van der Waals surface area (Å²) in [5.41, 5.74) is 2.55. The lowest BCUT2D eigenvalue weighted by Gasteiger charge is -2.36. The first-order valence-corrected chi connectivity index (χ1v) is 8.25. The van der Waals surface area contributed by atoms with Crippen LogP contribution < -0.4 is 10.0 Å². The third-order valence-corrected chi connectivity index (χ3v) is 5.15. The van der Waals surface area contributed by atoms with E-state index in [1.807, 2.05) is 6.07 Å². The molecular weight excluding hydrogens is 276 g/mol. The van der Waals surface area contributed by atoms with Crippen LogP contribution >= 0.6 is 0 Å². The number of nitrogens with one attached hydrogen (secondary N) is 2. The van der Waals surface area contributed by atoms with Crippen LogP contribution in [-0.4, -0.2) is 24.0 Å². The van der Waals surface area contributed by atoms with Crippen molar-refractivity contribution in [1.29, 1.82) is 0 Å². The first kappa shape index (κ1) is 15.1. The van der Waals surface area contributed by atoms with E-state index in [1.54, 1.807) is 4.90 Å². The number of hydrogen-bond acceptors (Lipinski definition) is 2. The van der Waals surface area contributed by atoms with Crippen molar-refractivity contribution in [2.75, 3.05) is 13.1 Å². The predicted octanol–water partition coefficient (Wildman–Crippen LogP) is 0.739. The van der Waals surface area contributed by atoms with Crippen LogP contribution in [-0.2, 0) is 11.3 Å². The number of aliphatic carboxylic acids is 1. The van der Waals surface area contributed by atoms with E-state index in [0.717, 1.165) is 32.5 Å². The van der Waals surface area contributed by atoms with Gasteiger partial charge in [0.15, 0.2) is 0 Å². The lowest BCUT2D eigenvalue weighted by atomic mass is 9.81. The Morgan fingerprint density at radius 1 is 1.36 bits per heavy atom. The van der Waals surface area contributed by atoms with Crippen molar-refractivity contribution in [1.82, 2.24) is 4.98 Å². The van der Waals surface area contributed by atoms with Crippen molar-refractivity contribution in [2.45, 2.75) is 32.7 Å². The predicted molar refractivity (Wildman–Crippen MR) is 84.2 cm³/mol. The van der Waals surface area contributed by atoms with Gasteiger partial charge in [0, 0.05) is 41.0 Å². The minimum Gasteiger partial charge on any atom is -0.550 e. The number of carbonyl (C=O) groups excluding carboxylic acids is 1. The van der Waals surface area contributed by atoms with Gasteiger partial charge in [-0.2, -0.15) is 0 Å². The molecule has 0 aliphatic carbocycles. The van der Waals surface area contributed by atoms with Crippen molar-refractivity contribution in [2.24, 2.45) is 11.8 Å². The second-order valence-electron chi connectivity index (χ2n) is 6.53. The monoisotopic (exact) mass is 300 g/mol. The number of carboxylic acids is 1. The zero-order chi connectivity index (χ0) is 15.5. The summed E-state index contributed by atoms with van der Waals surface area (Å²) in [6.45, 7) is 5.29. The van der Waals surface area contributed by atoms with Gasteiger partial charge in [0.1, 0.15) is 6.54 Å². The molecule has 1 aliphatic rings. The highest BCUT2D eigenvalue weighted by atomic mass is 16.4. The number of aromatic nitrogens is 1. The van der Waals surface area contributed by atoms with E-state index >= 15 is 0 Å². The molecule has 0 radical (unpaired) electrons. The first-order valence-electron chi connectivity index (χ1n) is 8.25. The van der Waals surface area contributed by atoms with E-state index in [-0.39, 0.29) is 6.42 Å². The number of benzene rings is 1. The number of H-pyrrole nitrogens is 1. The Kier molecular flexibility index (Phi) is 4.48. The zero-order valence-electron chi connectivity index (χ0n) is 13.1. The number of aromatic amines is 1. The highest BCUT2D eigenvalue weighted by Gasteiger charge is 2.31. The molecule has 22 heavy (non-hydrogen) atoms. The van der Waals surface area contributed by atoms with E-state index in [0.29, 0.717) is 11.8 Å². The maximum atomic E-state index is 10.9. The number of piperidine rings is 1. The molecule has 3 rings (SSSR count). The Balaban J connectivity index is 1.68. The first-order chi connectivity index (χ1) is 10.7. The second kappa shape index (κ2) is 6.53. The van der Waals surface area contributed by atoms with Gasteiger partial charge in [-0.3, -0.25) is 0 Å². The van der Waals surface area contributed by atoms with Gasteiger partial charge < -0.3 is 19.8 Å². The molecule has 118 valence electrons. The average Bonchev–Trinajstić information content (AvgIpc) is 2.91. The van der Waals surface area contributed by atoms with Gasteiger partial charge in [0.05, 0.1) is 13.1 Å². The normalized spacial score (nSPS) is 25.4. The van der Waals surface area contributed by atoms with Crippen LogP contribution in [0.2, 0.25) is 0 Å². The molecule has 1 aliphatic heterocycles. The highest BCUT2D eigenvalue weighted by molar-refractivity contribution is 5.82. The third kappa shape index (κ3) is 3.17. The molecule has 2 heterocycles. The number of carboxylic acid groups (broad SMARTS) is 1. The molecule has 2 N–H and O–H groups in total. The van der Waals surface area contributed by atoms with Crippen LogP contribution in [0.4, 0.5) is 0 Å². The Morgan fingerprint density at radius 2 is 2.18 bits per heavy atom. The van der Waals surface area contributed by atoms with Crippen LogP contribution in [0, 0.1) is 11.8 Å². The second-order valence-corrected chi connectivity index (χ2v) is 6.53. The Labute approximate surface area is 131 Å². The van der Waals surface area contributed by atoms with Crippen LogP contribution in [0.5, 0.6) is 0 Å². The molecule has 0 saturated carbocycles. The fourth-order valence-corrected chi connectivity index (χ4v) is 3.93. The molecule has 0 bridgehead atoms. The van der Waals surface area contributed by atoms with Gasteiger partial charge in [-0.05, 0) is 24.8 Å². The number of carbonyl (C=O) groups is 1. The van der Waals surface area contributed by atoms with E-state index in [2.05, 4.69) is 36.3 Å². The molecule has 1 saturated heterocycles. The van der Waals surface area contributed by atoms with E-state index in [4.69, 9.17) is 0 Å². The molecule has 1 fully saturated rings. The van der Waals surface area contributed by atoms with E-state index in [1.165, 1.54) is 16.5 Å². The highest BCUT2D eigenvalue weighted by Crippen LogP contribution is 2.24. The smallest absolute Gasteiger partial charge is 0.105 e. The lowest BCUT2D eigenvalue weighted by molar-refractivity contribution is -0.923. The number of rotatable bonds is 5. The summed E-state index contributed by atoms with van der Waals surface area (Å²) < 4.78 is 0. The van der Waals surface area contributed by atoms with Gasteiger partial charge in [-0.25, -0.2) is 0 Å². The average molecular weight is 300 g/mol. The van der Waals surface area contributed by atoms with Crippen LogP contribution in [0.15, 0.2) is 30.5 Å². The van der Waals surface area contributed by atoms with Gasteiger partial charge in [0.25, 0.3) is 0 Å². The fourth-order valence-electron chi connectivity index (χ4n) is 3.93. The summed E-state index contributed by atoms with van der Waals surface area (Å²) in [7, 11) is 0. The third-order valence-electron chi connectivity index (χ3n) is 5.15. The fraction of sp³-hybridized carbons (Fsp3) is 0.500. The summed E-state index contributed by atoms with van der Waals surface area (Å²) in [5.74, 6) is -0.114. The summed E-state index contributed by atoms with van der Waals surface area (Å²) in [5, 5.41) is 12.2. The number of para-hydroxylation sites is 1. The number of hydrogen-bond donors (Lipinski definition) is 2. The molecule has 1 unspecified atom stereocenters. The quantitative estimate of drug-likeness (QED) is 0.855. The van der Waals surface area contributed by atoms with Crippen molar-refractivity contribution >= 4 is 16.9 Å². The number of likely N-dealkylation sites (tertiary alicyclic amines) is 1. The van der Waals surface area contributed by atoms with Crippen LogP contribution in [0.3, 0.4) is 0 Å². The van der Waals surface area contributed by atoms with Gasteiger partial charge in [0.2, 0.25) is 0 Å². The minimum absolute atomic E-state index is 0.221. The molecule has 1 aromatic heterocycles. The Hall–Kier alpha value is -1.81.